The molecule has 1 aromatic rings. The molecule has 1 atom stereocenters. The van der Waals surface area contributed by atoms with Crippen molar-refractivity contribution < 1.29 is 14.7 Å². The number of hydrogen-bond acceptors (Lipinski definition) is 2. The third-order valence-corrected chi connectivity index (χ3v) is 3.06. The van der Waals surface area contributed by atoms with Crippen LogP contribution in [0, 0.1) is 0 Å². The molecule has 0 bridgehead atoms. The molecule has 2 amide bonds. The summed E-state index contributed by atoms with van der Waals surface area (Å²) in [6.07, 6.45) is 0.482. The third kappa shape index (κ3) is 4.75. The summed E-state index contributed by atoms with van der Waals surface area (Å²) >= 11 is 3.31. The van der Waals surface area contributed by atoms with E-state index in [9.17, 15) is 9.59 Å². The number of benzene rings is 1. The predicted molar refractivity (Wildman–Crippen MR) is 72.6 cm³/mol. The predicted octanol–water partition coefficient (Wildman–Crippen LogP) is 2.82. The van der Waals surface area contributed by atoms with Crippen molar-refractivity contribution in [3.63, 3.8) is 0 Å². The van der Waals surface area contributed by atoms with Gasteiger partial charge in [0.15, 0.2) is 0 Å². The van der Waals surface area contributed by atoms with Crippen LogP contribution in [0.1, 0.15) is 19.8 Å². The summed E-state index contributed by atoms with van der Waals surface area (Å²) in [5, 5.41) is 14.0. The molecule has 0 saturated carbocycles. The second-order valence-electron chi connectivity index (χ2n) is 3.78. The minimum Gasteiger partial charge on any atom is -0.481 e. The van der Waals surface area contributed by atoms with Gasteiger partial charge >= 0.3 is 12.0 Å². The van der Waals surface area contributed by atoms with Gasteiger partial charge in [0.2, 0.25) is 0 Å². The van der Waals surface area contributed by atoms with Crippen LogP contribution in [0.25, 0.3) is 0 Å². The molecule has 18 heavy (non-hydrogen) atoms. The summed E-state index contributed by atoms with van der Waals surface area (Å²) in [6.45, 7) is 1.83. The number of carbonyl (C=O) groups excluding carboxylic acids is 1. The molecule has 0 spiro atoms. The molecule has 0 aliphatic carbocycles. The number of carboxylic acid groups (broad SMARTS) is 1. The molecule has 0 radical (unpaired) electrons. The minimum atomic E-state index is -0.928. The van der Waals surface area contributed by atoms with E-state index in [1.165, 1.54) is 0 Å². The van der Waals surface area contributed by atoms with Crippen LogP contribution >= 0.6 is 15.9 Å². The minimum absolute atomic E-state index is 0.0835. The number of para-hydroxylation sites is 1. The van der Waals surface area contributed by atoms with E-state index >= 15 is 0 Å². The Bertz CT molecular complexity index is 437. The number of rotatable bonds is 5. The maximum atomic E-state index is 11.7. The first kappa shape index (κ1) is 14.5. The van der Waals surface area contributed by atoms with Gasteiger partial charge in [-0.1, -0.05) is 19.1 Å². The molecule has 0 heterocycles. The Morgan fingerprint density at radius 3 is 2.61 bits per heavy atom. The standard InChI is InChI=1S/C12H15BrN2O3/c1-2-8(7-11(16)17)14-12(18)15-10-6-4-3-5-9(10)13/h3-6,8H,2,7H2,1H3,(H,16,17)(H2,14,15,18). The van der Waals surface area contributed by atoms with Crippen LogP contribution in [-0.4, -0.2) is 23.1 Å². The normalized spacial score (nSPS) is 11.7. The van der Waals surface area contributed by atoms with Gasteiger partial charge in [0.05, 0.1) is 12.1 Å². The van der Waals surface area contributed by atoms with E-state index in [1.54, 1.807) is 12.1 Å². The van der Waals surface area contributed by atoms with Crippen molar-refractivity contribution in [2.75, 3.05) is 5.32 Å². The quantitative estimate of drug-likeness (QED) is 0.782. The number of urea groups is 1. The van der Waals surface area contributed by atoms with E-state index in [1.807, 2.05) is 19.1 Å². The summed E-state index contributed by atoms with van der Waals surface area (Å²) in [7, 11) is 0. The average Bonchev–Trinajstić information content (AvgIpc) is 2.30. The number of anilines is 1. The molecule has 6 heteroatoms. The number of hydrogen-bond donors (Lipinski definition) is 3. The zero-order valence-electron chi connectivity index (χ0n) is 9.94. The van der Waals surface area contributed by atoms with Crippen LogP contribution < -0.4 is 10.6 Å². The van der Waals surface area contributed by atoms with E-state index in [-0.39, 0.29) is 12.5 Å². The summed E-state index contributed by atoms with van der Waals surface area (Å²) in [5.74, 6) is -0.928. The van der Waals surface area contributed by atoms with Crippen molar-refractivity contribution in [3.05, 3.63) is 28.7 Å². The van der Waals surface area contributed by atoms with Crippen molar-refractivity contribution >= 4 is 33.6 Å². The topological polar surface area (TPSA) is 78.4 Å². The zero-order valence-corrected chi connectivity index (χ0v) is 11.5. The molecule has 3 N–H and O–H groups in total. The largest absolute Gasteiger partial charge is 0.481 e. The molecular formula is C12H15BrN2O3. The van der Waals surface area contributed by atoms with Gasteiger partial charge in [0, 0.05) is 10.5 Å². The molecule has 0 aromatic heterocycles. The monoisotopic (exact) mass is 314 g/mol. The molecule has 1 unspecified atom stereocenters. The Labute approximate surface area is 114 Å². The SMILES string of the molecule is CCC(CC(=O)O)NC(=O)Nc1ccccc1Br. The summed E-state index contributed by atoms with van der Waals surface area (Å²) in [5.41, 5.74) is 0.639. The highest BCUT2D eigenvalue weighted by Crippen LogP contribution is 2.20. The number of halogens is 1. The van der Waals surface area contributed by atoms with Gasteiger partial charge in [-0.2, -0.15) is 0 Å². The van der Waals surface area contributed by atoms with Gasteiger partial charge in [0.25, 0.3) is 0 Å². The molecule has 0 saturated heterocycles. The Hall–Kier alpha value is -1.56. The lowest BCUT2D eigenvalue weighted by Gasteiger charge is -2.15. The summed E-state index contributed by atoms with van der Waals surface area (Å²) in [4.78, 5) is 22.3. The maximum absolute atomic E-state index is 11.7. The van der Waals surface area contributed by atoms with Gasteiger partial charge in [-0.05, 0) is 34.5 Å². The fourth-order valence-corrected chi connectivity index (χ4v) is 1.80. The number of carboxylic acids is 1. The number of nitrogens with one attached hydrogen (secondary N) is 2. The van der Waals surface area contributed by atoms with Gasteiger partial charge < -0.3 is 15.7 Å². The summed E-state index contributed by atoms with van der Waals surface area (Å²) < 4.78 is 0.770. The molecule has 1 rings (SSSR count). The van der Waals surface area contributed by atoms with E-state index in [2.05, 4.69) is 26.6 Å². The van der Waals surface area contributed by atoms with Gasteiger partial charge in [-0.25, -0.2) is 4.79 Å². The molecule has 1 aromatic carbocycles. The zero-order chi connectivity index (χ0) is 13.5. The van der Waals surface area contributed by atoms with Crippen LogP contribution in [0.3, 0.4) is 0 Å². The van der Waals surface area contributed by atoms with Crippen LogP contribution in [0.15, 0.2) is 28.7 Å². The van der Waals surface area contributed by atoms with Crippen molar-refractivity contribution in [3.8, 4) is 0 Å². The molecule has 98 valence electrons. The van der Waals surface area contributed by atoms with Crippen LogP contribution in [0.2, 0.25) is 0 Å². The van der Waals surface area contributed by atoms with Crippen LogP contribution in [0.5, 0.6) is 0 Å². The highest BCUT2D eigenvalue weighted by atomic mass is 79.9. The molecule has 0 aliphatic heterocycles. The lowest BCUT2D eigenvalue weighted by molar-refractivity contribution is -0.137. The summed E-state index contributed by atoms with van der Waals surface area (Å²) in [6, 6.07) is 6.42. The van der Waals surface area contributed by atoms with E-state index < -0.39 is 12.0 Å². The highest BCUT2D eigenvalue weighted by Gasteiger charge is 2.14. The lowest BCUT2D eigenvalue weighted by Crippen LogP contribution is -2.38. The van der Waals surface area contributed by atoms with E-state index in [0.717, 1.165) is 4.47 Å². The Kier molecular flexibility index (Phi) is 5.64. The maximum Gasteiger partial charge on any atom is 0.319 e. The van der Waals surface area contributed by atoms with E-state index in [0.29, 0.717) is 12.1 Å². The number of carbonyl (C=O) groups is 2. The van der Waals surface area contributed by atoms with Gasteiger partial charge in [-0.3, -0.25) is 4.79 Å². The Morgan fingerprint density at radius 2 is 2.06 bits per heavy atom. The van der Waals surface area contributed by atoms with E-state index in [4.69, 9.17) is 5.11 Å². The third-order valence-electron chi connectivity index (χ3n) is 2.37. The van der Waals surface area contributed by atoms with Crippen LogP contribution in [-0.2, 0) is 4.79 Å². The average molecular weight is 315 g/mol. The van der Waals surface area contributed by atoms with Gasteiger partial charge in [-0.15, -0.1) is 0 Å². The van der Waals surface area contributed by atoms with Crippen LogP contribution in [0.4, 0.5) is 10.5 Å². The first-order chi connectivity index (χ1) is 8.52. The first-order valence-corrected chi connectivity index (χ1v) is 6.36. The fourth-order valence-electron chi connectivity index (χ4n) is 1.41. The highest BCUT2D eigenvalue weighted by molar-refractivity contribution is 9.10. The van der Waals surface area contributed by atoms with Crippen molar-refractivity contribution in [1.29, 1.82) is 0 Å². The second kappa shape index (κ2) is 7.00. The lowest BCUT2D eigenvalue weighted by atomic mass is 10.1. The molecule has 5 nitrogen and oxygen atoms in total. The second-order valence-corrected chi connectivity index (χ2v) is 4.64. The smallest absolute Gasteiger partial charge is 0.319 e. The Morgan fingerprint density at radius 1 is 1.39 bits per heavy atom. The van der Waals surface area contributed by atoms with Crippen molar-refractivity contribution in [2.45, 2.75) is 25.8 Å². The number of aliphatic carboxylic acids is 1. The number of amides is 2. The Balaban J connectivity index is 2.55. The van der Waals surface area contributed by atoms with Crippen molar-refractivity contribution in [2.24, 2.45) is 0 Å². The first-order valence-electron chi connectivity index (χ1n) is 5.56. The fraction of sp³-hybridized carbons (Fsp3) is 0.333. The molecule has 0 fully saturated rings. The van der Waals surface area contributed by atoms with Crippen molar-refractivity contribution in [1.82, 2.24) is 5.32 Å². The van der Waals surface area contributed by atoms with Gasteiger partial charge in [0.1, 0.15) is 0 Å². The molecule has 0 aliphatic rings. The molecular weight excluding hydrogens is 300 g/mol.